The lowest BCUT2D eigenvalue weighted by molar-refractivity contribution is 0.0694. The van der Waals surface area contributed by atoms with Crippen molar-refractivity contribution in [2.75, 3.05) is 18.8 Å². The number of guanidine groups is 1. The molecule has 7 nitrogen and oxygen atoms in total. The fraction of sp³-hybridized carbons (Fsp3) is 0.562. The zero-order valence-electron chi connectivity index (χ0n) is 14.4. The maximum Gasteiger partial charge on any atom is 0.210 e. The summed E-state index contributed by atoms with van der Waals surface area (Å²) in [7, 11) is -3.52. The molecule has 0 aliphatic carbocycles. The summed E-state index contributed by atoms with van der Waals surface area (Å²) < 4.78 is 28.1. The van der Waals surface area contributed by atoms with E-state index in [0.29, 0.717) is 12.5 Å². The van der Waals surface area contributed by atoms with Crippen LogP contribution in [0.15, 0.2) is 29.3 Å². The molecule has 8 heteroatoms. The van der Waals surface area contributed by atoms with E-state index in [1.165, 1.54) is 0 Å². The molecular formula is C16H26N4O3S. The van der Waals surface area contributed by atoms with Crippen LogP contribution in [0.5, 0.6) is 5.75 Å². The Balaban J connectivity index is 2.17. The van der Waals surface area contributed by atoms with E-state index in [0.717, 1.165) is 17.7 Å². The molecule has 0 saturated carbocycles. The Morgan fingerprint density at radius 2 is 2.12 bits per heavy atom. The highest BCUT2D eigenvalue weighted by Gasteiger charge is 2.33. The molecule has 1 atom stereocenters. The first-order chi connectivity index (χ1) is 11.2. The third-order valence-corrected chi connectivity index (χ3v) is 4.43. The third-order valence-electron chi connectivity index (χ3n) is 3.68. The summed E-state index contributed by atoms with van der Waals surface area (Å²) in [5, 5.41) is 11.5. The van der Waals surface area contributed by atoms with Crippen molar-refractivity contribution in [3.8, 4) is 5.75 Å². The number of fused-ring (bicyclic) bond motifs is 1. The maximum atomic E-state index is 11.1. The van der Waals surface area contributed by atoms with Crippen molar-refractivity contribution in [2.24, 2.45) is 10.1 Å². The first-order valence-corrected chi connectivity index (χ1v) is 9.75. The normalized spacial score (nSPS) is 20.0. The van der Waals surface area contributed by atoms with Crippen molar-refractivity contribution in [3.05, 3.63) is 29.8 Å². The second-order valence-electron chi connectivity index (χ2n) is 6.43. The highest BCUT2D eigenvalue weighted by Crippen LogP contribution is 2.39. The zero-order valence-corrected chi connectivity index (χ0v) is 15.2. The molecule has 134 valence electrons. The van der Waals surface area contributed by atoms with Crippen LogP contribution in [-0.2, 0) is 10.0 Å². The van der Waals surface area contributed by atoms with Crippen molar-refractivity contribution in [2.45, 2.75) is 38.8 Å². The number of benzene rings is 1. The van der Waals surface area contributed by atoms with Gasteiger partial charge in [-0.15, -0.1) is 0 Å². The van der Waals surface area contributed by atoms with Crippen molar-refractivity contribution >= 4 is 16.0 Å². The molecule has 1 aliphatic rings. The van der Waals surface area contributed by atoms with Crippen molar-refractivity contribution in [1.29, 1.82) is 0 Å². The Morgan fingerprint density at radius 1 is 1.42 bits per heavy atom. The number of nitrogens with one attached hydrogen (secondary N) is 2. The van der Waals surface area contributed by atoms with Gasteiger partial charge < -0.3 is 15.4 Å². The minimum absolute atomic E-state index is 0.0252. The summed E-state index contributed by atoms with van der Waals surface area (Å²) in [6.45, 7) is 6.84. The first kappa shape index (κ1) is 18.5. The second-order valence-corrected chi connectivity index (χ2v) is 8.16. The van der Waals surface area contributed by atoms with Crippen molar-refractivity contribution < 1.29 is 13.2 Å². The van der Waals surface area contributed by atoms with Crippen LogP contribution in [0.25, 0.3) is 0 Å². The van der Waals surface area contributed by atoms with Gasteiger partial charge in [-0.05, 0) is 26.8 Å². The lowest BCUT2D eigenvalue weighted by atomic mass is 9.90. The third kappa shape index (κ3) is 5.38. The fourth-order valence-electron chi connectivity index (χ4n) is 2.70. The van der Waals surface area contributed by atoms with Gasteiger partial charge in [0.25, 0.3) is 0 Å². The molecule has 2 rings (SSSR count). The molecule has 1 aromatic carbocycles. The molecule has 1 aromatic rings. The minimum atomic E-state index is -3.52. The van der Waals surface area contributed by atoms with Crippen LogP contribution in [0.1, 0.15) is 38.8 Å². The molecule has 0 saturated heterocycles. The molecular weight excluding hydrogens is 328 g/mol. The van der Waals surface area contributed by atoms with E-state index in [1.54, 1.807) is 0 Å². The zero-order chi connectivity index (χ0) is 17.8. The Labute approximate surface area is 143 Å². The van der Waals surface area contributed by atoms with Gasteiger partial charge in [0.15, 0.2) is 5.96 Å². The number of nitrogens with two attached hydrogens (primary N) is 1. The van der Waals surface area contributed by atoms with Gasteiger partial charge in [-0.25, -0.2) is 13.6 Å². The van der Waals surface area contributed by atoms with E-state index < -0.39 is 10.0 Å². The fourth-order valence-corrected chi connectivity index (χ4v) is 3.05. The van der Waals surface area contributed by atoms with Crippen LogP contribution in [-0.4, -0.2) is 38.8 Å². The van der Waals surface area contributed by atoms with E-state index >= 15 is 0 Å². The topological polar surface area (TPSA) is 106 Å². The minimum Gasteiger partial charge on any atom is -0.487 e. The van der Waals surface area contributed by atoms with Crippen molar-refractivity contribution in [1.82, 2.24) is 10.6 Å². The van der Waals surface area contributed by atoms with E-state index in [9.17, 15) is 8.42 Å². The average molecular weight is 354 g/mol. The molecule has 0 amide bonds. The molecule has 1 aliphatic heterocycles. The second kappa shape index (κ2) is 7.40. The molecule has 0 radical (unpaired) electrons. The molecule has 4 N–H and O–H groups in total. The lowest BCUT2D eigenvalue weighted by Gasteiger charge is -2.38. The van der Waals surface area contributed by atoms with Gasteiger partial charge in [0.2, 0.25) is 10.0 Å². The highest BCUT2D eigenvalue weighted by molar-refractivity contribution is 7.89. The predicted molar refractivity (Wildman–Crippen MR) is 95.6 cm³/mol. The molecule has 0 aromatic heterocycles. The molecule has 0 spiro atoms. The van der Waals surface area contributed by atoms with Gasteiger partial charge in [-0.3, -0.25) is 4.99 Å². The number of nitrogens with zero attached hydrogens (tertiary/aromatic N) is 1. The Bertz CT molecular complexity index is 701. The van der Waals surface area contributed by atoms with Crippen LogP contribution >= 0.6 is 0 Å². The van der Waals surface area contributed by atoms with Crippen LogP contribution in [0, 0.1) is 0 Å². The molecule has 1 heterocycles. The number of para-hydroxylation sites is 1. The predicted octanol–water partition coefficient (Wildman–Crippen LogP) is 1.13. The average Bonchev–Trinajstić information content (AvgIpc) is 2.45. The summed E-state index contributed by atoms with van der Waals surface area (Å²) in [6.07, 6.45) is 0.767. The van der Waals surface area contributed by atoms with E-state index in [1.807, 2.05) is 45.0 Å². The summed E-state index contributed by atoms with van der Waals surface area (Å²) in [6, 6.07) is 7.92. The van der Waals surface area contributed by atoms with Gasteiger partial charge in [0.1, 0.15) is 11.4 Å². The van der Waals surface area contributed by atoms with Gasteiger partial charge in [-0.2, -0.15) is 0 Å². The van der Waals surface area contributed by atoms with E-state index in [-0.39, 0.29) is 23.9 Å². The number of sulfonamides is 1. The maximum absolute atomic E-state index is 11.1. The molecule has 0 bridgehead atoms. The van der Waals surface area contributed by atoms with Gasteiger partial charge in [0.05, 0.1) is 18.3 Å². The summed E-state index contributed by atoms with van der Waals surface area (Å²) in [5.74, 6) is 1.24. The van der Waals surface area contributed by atoms with Crippen LogP contribution < -0.4 is 20.5 Å². The van der Waals surface area contributed by atoms with Gasteiger partial charge in [0, 0.05) is 18.5 Å². The summed E-state index contributed by atoms with van der Waals surface area (Å²) in [5.41, 5.74) is 0.762. The lowest BCUT2D eigenvalue weighted by Crippen LogP contribution is -2.45. The van der Waals surface area contributed by atoms with Gasteiger partial charge in [-0.1, -0.05) is 18.2 Å². The molecule has 24 heavy (non-hydrogen) atoms. The van der Waals surface area contributed by atoms with Crippen LogP contribution in [0.4, 0.5) is 0 Å². The van der Waals surface area contributed by atoms with Gasteiger partial charge >= 0.3 is 0 Å². The number of rotatable bonds is 5. The SMILES string of the molecule is CCNC(=NCCS(N)(=O)=O)NC1CC(C)(C)Oc2ccccc21. The Morgan fingerprint density at radius 3 is 2.79 bits per heavy atom. The number of hydrogen-bond donors (Lipinski definition) is 3. The molecule has 0 fully saturated rings. The smallest absolute Gasteiger partial charge is 0.210 e. The quantitative estimate of drug-likeness (QED) is 0.543. The summed E-state index contributed by atoms with van der Waals surface area (Å²) >= 11 is 0. The number of aliphatic imine (C=N–C) groups is 1. The number of primary sulfonamides is 1. The first-order valence-electron chi connectivity index (χ1n) is 8.03. The molecule has 1 unspecified atom stereocenters. The standard InChI is InChI=1S/C16H26N4O3S/c1-4-18-15(19-9-10-24(17,21)22)20-13-11-16(2,3)23-14-8-6-5-7-12(13)14/h5-8,13H,4,9-11H2,1-3H3,(H2,17,21,22)(H2,18,19,20). The van der Waals surface area contributed by atoms with E-state index in [4.69, 9.17) is 9.88 Å². The number of hydrogen-bond acceptors (Lipinski definition) is 4. The highest BCUT2D eigenvalue weighted by atomic mass is 32.2. The Hall–Kier alpha value is -1.80. The Kier molecular flexibility index (Phi) is 5.71. The number of ether oxygens (including phenoxy) is 1. The van der Waals surface area contributed by atoms with E-state index in [2.05, 4.69) is 15.6 Å². The summed E-state index contributed by atoms with van der Waals surface area (Å²) in [4.78, 5) is 4.31. The van der Waals surface area contributed by atoms with Crippen LogP contribution in [0.2, 0.25) is 0 Å². The largest absolute Gasteiger partial charge is 0.487 e. The van der Waals surface area contributed by atoms with Crippen molar-refractivity contribution in [3.63, 3.8) is 0 Å². The monoisotopic (exact) mass is 354 g/mol. The van der Waals surface area contributed by atoms with Crippen LogP contribution in [0.3, 0.4) is 0 Å².